The maximum atomic E-state index is 12.4. The van der Waals surface area contributed by atoms with Crippen molar-refractivity contribution in [3.05, 3.63) is 76.5 Å². The number of anilines is 1. The van der Waals surface area contributed by atoms with E-state index in [0.29, 0.717) is 17.2 Å². The fraction of sp³-hybridized carbons (Fsp3) is 0. The molecule has 7 nitrogen and oxygen atoms in total. The summed E-state index contributed by atoms with van der Waals surface area (Å²) in [5.41, 5.74) is 1.00. The maximum absolute atomic E-state index is 12.4. The maximum Gasteiger partial charge on any atom is 0.266 e. The zero-order valence-corrected chi connectivity index (χ0v) is 17.2. The van der Waals surface area contributed by atoms with E-state index in [-0.39, 0.29) is 10.5 Å². The van der Waals surface area contributed by atoms with Gasteiger partial charge in [-0.2, -0.15) is 5.26 Å². The van der Waals surface area contributed by atoms with E-state index in [9.17, 15) is 18.5 Å². The fourth-order valence-electron chi connectivity index (χ4n) is 2.42. The molecule has 3 N–H and O–H groups in total. The number of hydrogen-bond acceptors (Lipinski definition) is 5. The minimum absolute atomic E-state index is 0.0809. The number of carbonyl (C=O) groups is 1. The Kier molecular flexibility index (Phi) is 5.98. The number of rotatable bonds is 5. The van der Waals surface area contributed by atoms with Crippen LogP contribution in [0.1, 0.15) is 5.76 Å². The summed E-state index contributed by atoms with van der Waals surface area (Å²) >= 11 is 3.37. The third kappa shape index (κ3) is 5.20. The van der Waals surface area contributed by atoms with Crippen LogP contribution in [0.2, 0.25) is 0 Å². The summed E-state index contributed by atoms with van der Waals surface area (Å²) in [4.78, 5) is 12.3. The number of halogens is 1. The fourth-order valence-corrected chi connectivity index (χ4v) is 3.20. The molecule has 2 aromatic carbocycles. The highest BCUT2D eigenvalue weighted by atomic mass is 79.9. The number of nitriles is 1. The van der Waals surface area contributed by atoms with Crippen LogP contribution >= 0.6 is 15.9 Å². The van der Waals surface area contributed by atoms with Gasteiger partial charge in [-0.25, -0.2) is 13.6 Å². The molecule has 0 aliphatic carbocycles. The Hall–Kier alpha value is -3.19. The summed E-state index contributed by atoms with van der Waals surface area (Å²) < 4.78 is 29.2. The van der Waals surface area contributed by atoms with E-state index in [1.54, 1.807) is 12.1 Å². The predicted octanol–water partition coefficient (Wildman–Crippen LogP) is 3.90. The molecule has 0 fully saturated rings. The number of primary sulfonamides is 1. The molecule has 1 amide bonds. The Morgan fingerprint density at radius 3 is 2.31 bits per heavy atom. The first kappa shape index (κ1) is 20.5. The highest BCUT2D eigenvalue weighted by molar-refractivity contribution is 9.10. The molecule has 0 saturated heterocycles. The molecule has 9 heteroatoms. The Morgan fingerprint density at radius 2 is 1.72 bits per heavy atom. The lowest BCUT2D eigenvalue weighted by molar-refractivity contribution is -0.112. The largest absolute Gasteiger partial charge is 0.457 e. The highest BCUT2D eigenvalue weighted by Crippen LogP contribution is 2.25. The molecule has 1 heterocycles. The van der Waals surface area contributed by atoms with Gasteiger partial charge in [-0.15, -0.1) is 0 Å². The molecule has 146 valence electrons. The quantitative estimate of drug-likeness (QED) is 0.430. The van der Waals surface area contributed by atoms with Gasteiger partial charge in [0, 0.05) is 21.8 Å². The smallest absolute Gasteiger partial charge is 0.266 e. The molecular weight excluding hydrogens is 458 g/mol. The summed E-state index contributed by atoms with van der Waals surface area (Å²) in [5.74, 6) is 0.289. The van der Waals surface area contributed by atoms with Crippen molar-refractivity contribution in [3.63, 3.8) is 0 Å². The lowest BCUT2D eigenvalue weighted by Gasteiger charge is -2.05. The average molecular weight is 472 g/mol. The first-order chi connectivity index (χ1) is 13.8. The van der Waals surface area contributed by atoms with E-state index in [0.717, 1.165) is 10.0 Å². The molecular formula is C20H14BrN3O4S. The van der Waals surface area contributed by atoms with Gasteiger partial charge in [0.2, 0.25) is 10.0 Å². The molecule has 3 rings (SSSR count). The minimum Gasteiger partial charge on any atom is -0.457 e. The van der Waals surface area contributed by atoms with Crippen LogP contribution in [-0.4, -0.2) is 14.3 Å². The lowest BCUT2D eigenvalue weighted by Crippen LogP contribution is -2.14. The zero-order chi connectivity index (χ0) is 21.0. The molecule has 0 aliphatic rings. The first-order valence-electron chi connectivity index (χ1n) is 8.18. The molecule has 0 bridgehead atoms. The Bertz CT molecular complexity index is 1220. The third-order valence-corrected chi connectivity index (χ3v) is 5.31. The molecule has 0 unspecified atom stereocenters. The third-order valence-electron chi connectivity index (χ3n) is 3.85. The van der Waals surface area contributed by atoms with Gasteiger partial charge in [0.25, 0.3) is 5.91 Å². The number of benzene rings is 2. The molecule has 0 aliphatic heterocycles. The van der Waals surface area contributed by atoms with E-state index in [1.807, 2.05) is 30.3 Å². The van der Waals surface area contributed by atoms with E-state index < -0.39 is 15.9 Å². The van der Waals surface area contributed by atoms with Crippen LogP contribution in [0.25, 0.3) is 17.4 Å². The van der Waals surface area contributed by atoms with Crippen LogP contribution in [-0.2, 0) is 14.8 Å². The van der Waals surface area contributed by atoms with Crippen LogP contribution < -0.4 is 10.5 Å². The van der Waals surface area contributed by atoms with E-state index in [4.69, 9.17) is 9.56 Å². The number of hydrogen-bond donors (Lipinski definition) is 2. The van der Waals surface area contributed by atoms with Crippen molar-refractivity contribution >= 4 is 43.6 Å². The van der Waals surface area contributed by atoms with Crippen molar-refractivity contribution in [2.75, 3.05) is 5.32 Å². The number of furan rings is 1. The summed E-state index contributed by atoms with van der Waals surface area (Å²) in [6, 6.07) is 18.0. The van der Waals surface area contributed by atoms with Crippen LogP contribution in [0, 0.1) is 11.3 Å². The van der Waals surface area contributed by atoms with Gasteiger partial charge in [-0.05, 0) is 48.5 Å². The Labute approximate surface area is 175 Å². The van der Waals surface area contributed by atoms with Crippen molar-refractivity contribution in [2.45, 2.75) is 4.90 Å². The van der Waals surface area contributed by atoms with Gasteiger partial charge in [-0.3, -0.25) is 4.79 Å². The molecule has 1 aromatic heterocycles. The average Bonchev–Trinajstić information content (AvgIpc) is 3.15. The van der Waals surface area contributed by atoms with Gasteiger partial charge in [0.15, 0.2) is 0 Å². The SMILES string of the molecule is N#CC(=Cc1ccc(-c2ccc(Br)cc2)o1)C(=O)Nc1ccc(S(N)(=O)=O)cc1. The number of carbonyl (C=O) groups excluding carboxylic acids is 1. The van der Waals surface area contributed by atoms with Crippen LogP contribution in [0.5, 0.6) is 0 Å². The molecule has 0 radical (unpaired) electrons. The summed E-state index contributed by atoms with van der Waals surface area (Å²) in [7, 11) is -3.82. The van der Waals surface area contributed by atoms with Gasteiger partial charge in [-0.1, -0.05) is 28.1 Å². The lowest BCUT2D eigenvalue weighted by atomic mass is 10.2. The van der Waals surface area contributed by atoms with Gasteiger partial charge < -0.3 is 9.73 Å². The Morgan fingerprint density at radius 1 is 1.07 bits per heavy atom. The monoisotopic (exact) mass is 471 g/mol. The first-order valence-corrected chi connectivity index (χ1v) is 10.5. The molecule has 0 saturated carbocycles. The second-order valence-corrected chi connectivity index (χ2v) is 8.38. The number of sulfonamides is 1. The number of nitrogens with one attached hydrogen (secondary N) is 1. The van der Waals surface area contributed by atoms with E-state index in [1.165, 1.54) is 30.3 Å². The van der Waals surface area contributed by atoms with Crippen LogP contribution in [0.15, 0.2) is 80.0 Å². The van der Waals surface area contributed by atoms with Crippen LogP contribution in [0.4, 0.5) is 5.69 Å². The molecule has 3 aromatic rings. The second-order valence-electron chi connectivity index (χ2n) is 5.90. The van der Waals surface area contributed by atoms with Crippen molar-refractivity contribution in [3.8, 4) is 17.4 Å². The summed E-state index contributed by atoms with van der Waals surface area (Å²) in [6.45, 7) is 0. The predicted molar refractivity (Wildman–Crippen MR) is 112 cm³/mol. The Balaban J connectivity index is 1.77. The van der Waals surface area contributed by atoms with Gasteiger partial charge in [0.05, 0.1) is 4.90 Å². The topological polar surface area (TPSA) is 126 Å². The van der Waals surface area contributed by atoms with Crippen LogP contribution in [0.3, 0.4) is 0 Å². The minimum atomic E-state index is -3.82. The highest BCUT2D eigenvalue weighted by Gasteiger charge is 2.13. The molecule has 0 atom stereocenters. The number of amides is 1. The van der Waals surface area contributed by atoms with Gasteiger partial charge in [0.1, 0.15) is 23.2 Å². The van der Waals surface area contributed by atoms with Crippen molar-refractivity contribution < 1.29 is 17.6 Å². The second kappa shape index (κ2) is 8.45. The normalized spacial score (nSPS) is 11.7. The molecule has 29 heavy (non-hydrogen) atoms. The zero-order valence-electron chi connectivity index (χ0n) is 14.8. The summed E-state index contributed by atoms with van der Waals surface area (Å²) in [6.07, 6.45) is 1.33. The van der Waals surface area contributed by atoms with Crippen molar-refractivity contribution in [2.24, 2.45) is 5.14 Å². The summed E-state index contributed by atoms with van der Waals surface area (Å²) in [5, 5.41) is 16.9. The standard InChI is InChI=1S/C20H14BrN3O4S/c21-15-3-1-13(2-4-15)19-10-7-17(28-19)11-14(12-22)20(25)24-16-5-8-18(9-6-16)29(23,26)27/h1-11H,(H,24,25)(H2,23,26,27). The van der Waals surface area contributed by atoms with E-state index >= 15 is 0 Å². The van der Waals surface area contributed by atoms with Crippen molar-refractivity contribution in [1.82, 2.24) is 0 Å². The van der Waals surface area contributed by atoms with Gasteiger partial charge >= 0.3 is 0 Å². The molecule has 0 spiro atoms. The van der Waals surface area contributed by atoms with Crippen molar-refractivity contribution in [1.29, 1.82) is 5.26 Å². The number of nitrogens with two attached hydrogens (primary N) is 1. The van der Waals surface area contributed by atoms with E-state index in [2.05, 4.69) is 21.2 Å². The number of nitrogens with zero attached hydrogens (tertiary/aromatic N) is 1.